The van der Waals surface area contributed by atoms with E-state index < -0.39 is 5.91 Å². The summed E-state index contributed by atoms with van der Waals surface area (Å²) in [6, 6.07) is 13.2. The number of para-hydroxylation sites is 1. The summed E-state index contributed by atoms with van der Waals surface area (Å²) in [4.78, 5) is 13.4. The predicted octanol–water partition coefficient (Wildman–Crippen LogP) is 3.16. The molecule has 0 saturated carbocycles. The Labute approximate surface area is 132 Å². The van der Waals surface area contributed by atoms with E-state index >= 15 is 0 Å². The van der Waals surface area contributed by atoms with Gasteiger partial charge in [-0.05, 0) is 52.7 Å². The van der Waals surface area contributed by atoms with Gasteiger partial charge in [0.1, 0.15) is 0 Å². The quantitative estimate of drug-likeness (QED) is 0.816. The minimum atomic E-state index is -0.433. The molecule has 0 aliphatic carbocycles. The van der Waals surface area contributed by atoms with Crippen molar-refractivity contribution in [2.75, 3.05) is 17.2 Å². The molecule has 0 aliphatic heterocycles. The van der Waals surface area contributed by atoms with Gasteiger partial charge in [-0.15, -0.1) is 0 Å². The molecule has 0 atom stereocenters. The molecule has 4 nitrogen and oxygen atoms in total. The van der Waals surface area contributed by atoms with Crippen LogP contribution < -0.4 is 16.4 Å². The van der Waals surface area contributed by atoms with Crippen LogP contribution in [0.2, 0.25) is 0 Å². The zero-order valence-corrected chi connectivity index (χ0v) is 13.4. The van der Waals surface area contributed by atoms with Gasteiger partial charge in [0, 0.05) is 28.8 Å². The summed E-state index contributed by atoms with van der Waals surface area (Å²) in [5.41, 5.74) is 14.6. The molecule has 0 aliphatic rings. The van der Waals surface area contributed by atoms with Gasteiger partial charge in [-0.3, -0.25) is 4.79 Å². The molecule has 0 radical (unpaired) electrons. The molecular formula is C16H18BrN3O. The number of carbonyl (C=O) groups is 1. The lowest BCUT2D eigenvalue weighted by atomic mass is 10.1. The average molecular weight is 348 g/mol. The first kappa shape index (κ1) is 15.4. The fraction of sp³-hybridized carbons (Fsp3) is 0.188. The number of halogens is 1. The zero-order valence-electron chi connectivity index (χ0n) is 11.8. The van der Waals surface area contributed by atoms with Crippen LogP contribution in [0.25, 0.3) is 0 Å². The van der Waals surface area contributed by atoms with Crippen molar-refractivity contribution in [1.29, 1.82) is 0 Å². The molecule has 5 heteroatoms. The van der Waals surface area contributed by atoms with Crippen LogP contribution in [0.1, 0.15) is 22.8 Å². The number of amides is 1. The number of nitrogens with zero attached hydrogens (tertiary/aromatic N) is 1. The number of anilines is 2. The summed E-state index contributed by atoms with van der Waals surface area (Å²) < 4.78 is 0.843. The fourth-order valence-corrected chi connectivity index (χ4v) is 2.80. The number of carbonyl (C=O) groups excluding carboxylic acids is 1. The highest BCUT2D eigenvalue weighted by molar-refractivity contribution is 9.10. The molecule has 1 amide bonds. The number of benzene rings is 2. The van der Waals surface area contributed by atoms with E-state index in [0.29, 0.717) is 12.1 Å². The van der Waals surface area contributed by atoms with Gasteiger partial charge in [0.25, 0.3) is 0 Å². The topological polar surface area (TPSA) is 72.3 Å². The van der Waals surface area contributed by atoms with E-state index in [1.54, 1.807) is 12.1 Å². The van der Waals surface area contributed by atoms with Gasteiger partial charge in [-0.25, -0.2) is 0 Å². The van der Waals surface area contributed by atoms with Gasteiger partial charge < -0.3 is 16.4 Å². The second-order valence-electron chi connectivity index (χ2n) is 4.74. The predicted molar refractivity (Wildman–Crippen MR) is 90.2 cm³/mol. The standard InChI is InChI=1S/C16H18BrN3O/c1-2-20(10-12-5-3-4-6-14(12)18)15-8-7-11(16(19)21)9-13(15)17/h3-9H,2,10,18H2,1H3,(H2,19,21). The Morgan fingerprint density at radius 2 is 1.95 bits per heavy atom. The Hall–Kier alpha value is -2.01. The van der Waals surface area contributed by atoms with Crippen LogP contribution in [0.3, 0.4) is 0 Å². The van der Waals surface area contributed by atoms with E-state index in [1.807, 2.05) is 30.3 Å². The lowest BCUT2D eigenvalue weighted by molar-refractivity contribution is 0.100. The Bertz CT molecular complexity index is 658. The zero-order chi connectivity index (χ0) is 15.4. The number of rotatable bonds is 5. The maximum absolute atomic E-state index is 11.2. The fourth-order valence-electron chi connectivity index (χ4n) is 2.17. The molecule has 0 heterocycles. The second-order valence-corrected chi connectivity index (χ2v) is 5.60. The summed E-state index contributed by atoms with van der Waals surface area (Å²) in [6.45, 7) is 3.61. The highest BCUT2D eigenvalue weighted by atomic mass is 79.9. The first-order valence-corrected chi connectivity index (χ1v) is 7.50. The van der Waals surface area contributed by atoms with Gasteiger partial charge >= 0.3 is 0 Å². The highest BCUT2D eigenvalue weighted by Crippen LogP contribution is 2.29. The summed E-state index contributed by atoms with van der Waals surface area (Å²) in [6.07, 6.45) is 0. The van der Waals surface area contributed by atoms with Crippen LogP contribution in [-0.4, -0.2) is 12.5 Å². The van der Waals surface area contributed by atoms with E-state index in [2.05, 4.69) is 27.8 Å². The number of nitrogen functional groups attached to an aromatic ring is 1. The van der Waals surface area contributed by atoms with E-state index in [4.69, 9.17) is 11.5 Å². The van der Waals surface area contributed by atoms with Crippen molar-refractivity contribution < 1.29 is 4.79 Å². The molecular weight excluding hydrogens is 330 g/mol. The van der Waals surface area contributed by atoms with Gasteiger partial charge in [0.05, 0.1) is 5.69 Å². The molecule has 0 aromatic heterocycles. The Balaban J connectivity index is 2.30. The van der Waals surface area contributed by atoms with Crippen molar-refractivity contribution in [3.05, 3.63) is 58.1 Å². The van der Waals surface area contributed by atoms with E-state index in [1.165, 1.54) is 0 Å². The van der Waals surface area contributed by atoms with Gasteiger partial charge in [-0.1, -0.05) is 18.2 Å². The molecule has 110 valence electrons. The molecule has 4 N–H and O–H groups in total. The smallest absolute Gasteiger partial charge is 0.248 e. The monoisotopic (exact) mass is 347 g/mol. The van der Waals surface area contributed by atoms with Crippen LogP contribution in [0.15, 0.2) is 46.9 Å². The molecule has 21 heavy (non-hydrogen) atoms. The Kier molecular flexibility index (Phi) is 4.85. The highest BCUT2D eigenvalue weighted by Gasteiger charge is 2.12. The average Bonchev–Trinajstić information content (AvgIpc) is 2.47. The van der Waals surface area contributed by atoms with Crippen molar-refractivity contribution >= 4 is 33.2 Å². The molecule has 2 rings (SSSR count). The van der Waals surface area contributed by atoms with Crippen LogP contribution in [0.5, 0.6) is 0 Å². The maximum Gasteiger partial charge on any atom is 0.248 e. The molecule has 2 aromatic carbocycles. The molecule has 0 unspecified atom stereocenters. The van der Waals surface area contributed by atoms with Crippen molar-refractivity contribution in [3.8, 4) is 0 Å². The SMILES string of the molecule is CCN(Cc1ccccc1N)c1ccc(C(N)=O)cc1Br. The molecule has 2 aromatic rings. The third-order valence-electron chi connectivity index (χ3n) is 3.37. The van der Waals surface area contributed by atoms with Gasteiger partial charge in [0.15, 0.2) is 0 Å². The number of hydrogen-bond acceptors (Lipinski definition) is 3. The first-order chi connectivity index (χ1) is 10.0. The third kappa shape index (κ3) is 3.55. The van der Waals surface area contributed by atoms with Crippen molar-refractivity contribution in [2.24, 2.45) is 5.73 Å². The lowest BCUT2D eigenvalue weighted by Gasteiger charge is -2.25. The molecule has 0 spiro atoms. The third-order valence-corrected chi connectivity index (χ3v) is 4.01. The second kappa shape index (κ2) is 6.63. The summed E-state index contributed by atoms with van der Waals surface area (Å²) in [5.74, 6) is -0.433. The largest absolute Gasteiger partial charge is 0.398 e. The Morgan fingerprint density at radius 1 is 1.24 bits per heavy atom. The first-order valence-electron chi connectivity index (χ1n) is 6.70. The van der Waals surface area contributed by atoms with Crippen LogP contribution in [0, 0.1) is 0 Å². The van der Waals surface area contributed by atoms with Crippen molar-refractivity contribution in [3.63, 3.8) is 0 Å². The summed E-state index contributed by atoms with van der Waals surface area (Å²) in [5, 5.41) is 0. The minimum Gasteiger partial charge on any atom is -0.398 e. The molecule has 0 saturated heterocycles. The summed E-state index contributed by atoms with van der Waals surface area (Å²) in [7, 11) is 0. The molecule has 0 bridgehead atoms. The lowest BCUT2D eigenvalue weighted by Crippen LogP contribution is -2.23. The van der Waals surface area contributed by atoms with Gasteiger partial charge in [0.2, 0.25) is 5.91 Å². The molecule has 0 fully saturated rings. The normalized spacial score (nSPS) is 10.4. The van der Waals surface area contributed by atoms with Crippen LogP contribution in [-0.2, 0) is 6.54 Å². The minimum absolute atomic E-state index is 0.433. The van der Waals surface area contributed by atoms with Crippen LogP contribution in [0.4, 0.5) is 11.4 Å². The van der Waals surface area contributed by atoms with E-state index in [9.17, 15) is 4.79 Å². The number of nitrogens with two attached hydrogens (primary N) is 2. The summed E-state index contributed by atoms with van der Waals surface area (Å²) >= 11 is 3.51. The maximum atomic E-state index is 11.2. The number of primary amides is 1. The van der Waals surface area contributed by atoms with Crippen molar-refractivity contribution in [2.45, 2.75) is 13.5 Å². The Morgan fingerprint density at radius 3 is 2.52 bits per heavy atom. The van der Waals surface area contributed by atoms with Crippen LogP contribution >= 0.6 is 15.9 Å². The van der Waals surface area contributed by atoms with E-state index in [-0.39, 0.29) is 0 Å². The number of hydrogen-bond donors (Lipinski definition) is 2. The van der Waals surface area contributed by atoms with Crippen molar-refractivity contribution in [1.82, 2.24) is 0 Å². The van der Waals surface area contributed by atoms with Gasteiger partial charge in [-0.2, -0.15) is 0 Å². The van der Waals surface area contributed by atoms with E-state index in [0.717, 1.165) is 28.0 Å².